The van der Waals surface area contributed by atoms with Gasteiger partial charge in [0.25, 0.3) is 5.69 Å². The number of amides is 1. The minimum absolute atomic E-state index is 0.0766. The Bertz CT molecular complexity index is 904. The first-order valence-corrected chi connectivity index (χ1v) is 10.4. The van der Waals surface area contributed by atoms with Crippen molar-refractivity contribution in [2.45, 2.75) is 44.7 Å². The van der Waals surface area contributed by atoms with Crippen molar-refractivity contribution in [3.8, 4) is 0 Å². The van der Waals surface area contributed by atoms with Gasteiger partial charge in [-0.25, -0.2) is 0 Å². The maximum absolute atomic E-state index is 12.6. The van der Waals surface area contributed by atoms with Crippen LogP contribution in [0.5, 0.6) is 0 Å². The van der Waals surface area contributed by atoms with Gasteiger partial charge in [0, 0.05) is 44.5 Å². The topological polar surface area (TPSA) is 91.6 Å². The van der Waals surface area contributed by atoms with Gasteiger partial charge >= 0.3 is 0 Å². The van der Waals surface area contributed by atoms with Crippen LogP contribution in [-0.4, -0.2) is 59.0 Å². The van der Waals surface area contributed by atoms with E-state index in [0.717, 1.165) is 44.7 Å². The molecule has 1 aliphatic heterocycles. The summed E-state index contributed by atoms with van der Waals surface area (Å²) in [5, 5.41) is 15.1. The fourth-order valence-corrected chi connectivity index (χ4v) is 4.46. The highest BCUT2D eigenvalue weighted by Crippen LogP contribution is 2.32. The van der Waals surface area contributed by atoms with Crippen LogP contribution in [0.1, 0.15) is 32.6 Å². The van der Waals surface area contributed by atoms with Gasteiger partial charge in [-0.05, 0) is 38.0 Å². The number of carbonyl (C=O) groups is 1. The first-order chi connectivity index (χ1) is 14.0. The normalized spacial score (nSPS) is 19.4. The molecular weight excluding hydrogens is 370 g/mol. The molecule has 1 aliphatic carbocycles. The molecule has 1 aromatic heterocycles. The molecule has 8 heteroatoms. The SMILES string of the molecule is CC(C(=O)NC1CCCC1)N1CCN(c2ccc([N+](=O)[O-])c3cccnc23)CC1. The van der Waals surface area contributed by atoms with Crippen molar-refractivity contribution in [2.24, 2.45) is 0 Å². The number of nitro benzene ring substituents is 1. The molecule has 1 aromatic carbocycles. The first-order valence-electron chi connectivity index (χ1n) is 10.4. The van der Waals surface area contributed by atoms with Gasteiger partial charge in [-0.2, -0.15) is 0 Å². The third-order valence-electron chi connectivity index (χ3n) is 6.21. The lowest BCUT2D eigenvalue weighted by Crippen LogP contribution is -2.54. The highest BCUT2D eigenvalue weighted by atomic mass is 16.6. The number of non-ortho nitro benzene ring substituents is 1. The summed E-state index contributed by atoms with van der Waals surface area (Å²) >= 11 is 0. The van der Waals surface area contributed by atoms with Crippen LogP contribution in [0.2, 0.25) is 0 Å². The minimum atomic E-state index is -0.365. The standard InChI is InChI=1S/C21H27N5O3/c1-15(21(27)23-16-5-2-3-6-16)24-11-13-25(14-12-24)19-9-8-18(26(28)29)17-7-4-10-22-20(17)19/h4,7-10,15-16H,2-3,5-6,11-14H2,1H3,(H,23,27). The van der Waals surface area contributed by atoms with Crippen molar-refractivity contribution in [1.82, 2.24) is 15.2 Å². The van der Waals surface area contributed by atoms with Crippen molar-refractivity contribution in [3.63, 3.8) is 0 Å². The van der Waals surface area contributed by atoms with Gasteiger partial charge in [0.2, 0.25) is 5.91 Å². The summed E-state index contributed by atoms with van der Waals surface area (Å²) in [6, 6.07) is 7.01. The average Bonchev–Trinajstić information content (AvgIpc) is 3.25. The summed E-state index contributed by atoms with van der Waals surface area (Å²) in [7, 11) is 0. The molecule has 4 rings (SSSR count). The molecule has 154 valence electrons. The van der Waals surface area contributed by atoms with Crippen molar-refractivity contribution in [2.75, 3.05) is 31.1 Å². The summed E-state index contributed by atoms with van der Waals surface area (Å²) in [5.74, 6) is 0.118. The number of benzene rings is 1. The number of fused-ring (bicyclic) bond motifs is 1. The van der Waals surface area contributed by atoms with Gasteiger partial charge in [-0.15, -0.1) is 0 Å². The number of piperazine rings is 1. The lowest BCUT2D eigenvalue weighted by Gasteiger charge is -2.39. The molecule has 2 aliphatic rings. The zero-order valence-electron chi connectivity index (χ0n) is 16.7. The van der Waals surface area contributed by atoms with E-state index in [1.165, 1.54) is 12.8 Å². The summed E-state index contributed by atoms with van der Waals surface area (Å²) in [6.07, 6.45) is 6.25. The van der Waals surface area contributed by atoms with E-state index < -0.39 is 0 Å². The van der Waals surface area contributed by atoms with Gasteiger partial charge in [0.1, 0.15) is 5.52 Å². The third kappa shape index (κ3) is 4.03. The number of anilines is 1. The van der Waals surface area contributed by atoms with Gasteiger partial charge in [-0.3, -0.25) is 24.8 Å². The van der Waals surface area contributed by atoms with Crippen molar-refractivity contribution >= 4 is 28.2 Å². The van der Waals surface area contributed by atoms with Crippen molar-refractivity contribution < 1.29 is 9.72 Å². The smallest absolute Gasteiger partial charge is 0.278 e. The van der Waals surface area contributed by atoms with E-state index in [9.17, 15) is 14.9 Å². The van der Waals surface area contributed by atoms with Crippen LogP contribution < -0.4 is 10.2 Å². The van der Waals surface area contributed by atoms with Crippen LogP contribution in [0.15, 0.2) is 30.5 Å². The Morgan fingerprint density at radius 1 is 1.21 bits per heavy atom. The number of aromatic nitrogens is 1. The summed E-state index contributed by atoms with van der Waals surface area (Å²) in [5.41, 5.74) is 1.64. The summed E-state index contributed by atoms with van der Waals surface area (Å²) in [6.45, 7) is 5.02. The van der Waals surface area contributed by atoms with E-state index in [2.05, 4.69) is 20.1 Å². The Balaban J connectivity index is 1.44. The maximum Gasteiger partial charge on any atom is 0.278 e. The molecule has 2 heterocycles. The quantitative estimate of drug-likeness (QED) is 0.616. The fourth-order valence-electron chi connectivity index (χ4n) is 4.46. The van der Waals surface area contributed by atoms with Crippen LogP contribution in [-0.2, 0) is 4.79 Å². The summed E-state index contributed by atoms with van der Waals surface area (Å²) < 4.78 is 0. The number of hydrogen-bond donors (Lipinski definition) is 1. The van der Waals surface area contributed by atoms with Gasteiger partial charge in [0.05, 0.1) is 22.0 Å². The van der Waals surface area contributed by atoms with Gasteiger partial charge in [0.15, 0.2) is 0 Å². The van der Waals surface area contributed by atoms with Crippen molar-refractivity contribution in [1.29, 1.82) is 0 Å². The van der Waals surface area contributed by atoms with Crippen LogP contribution in [0.4, 0.5) is 11.4 Å². The zero-order chi connectivity index (χ0) is 20.4. The lowest BCUT2D eigenvalue weighted by molar-refractivity contribution is -0.383. The fraction of sp³-hybridized carbons (Fsp3) is 0.524. The van der Waals surface area contributed by atoms with E-state index in [-0.39, 0.29) is 22.6 Å². The Labute approximate surface area is 170 Å². The minimum Gasteiger partial charge on any atom is -0.367 e. The van der Waals surface area contributed by atoms with E-state index in [4.69, 9.17) is 0 Å². The van der Waals surface area contributed by atoms with E-state index >= 15 is 0 Å². The van der Waals surface area contributed by atoms with Gasteiger partial charge in [-0.1, -0.05) is 12.8 Å². The third-order valence-corrected chi connectivity index (χ3v) is 6.21. The highest BCUT2D eigenvalue weighted by Gasteiger charge is 2.28. The molecule has 2 aromatic rings. The number of hydrogen-bond acceptors (Lipinski definition) is 6. The molecule has 0 bridgehead atoms. The summed E-state index contributed by atoms with van der Waals surface area (Å²) in [4.78, 5) is 32.4. The monoisotopic (exact) mass is 397 g/mol. The number of pyridine rings is 1. The zero-order valence-corrected chi connectivity index (χ0v) is 16.7. The molecule has 2 fully saturated rings. The van der Waals surface area contributed by atoms with E-state index in [1.807, 2.05) is 6.92 Å². The molecule has 1 saturated carbocycles. The van der Waals surface area contributed by atoms with Crippen LogP contribution in [0.25, 0.3) is 10.9 Å². The molecule has 1 amide bonds. The maximum atomic E-state index is 12.6. The van der Waals surface area contributed by atoms with Gasteiger partial charge < -0.3 is 10.2 Å². The number of carbonyl (C=O) groups excluding carboxylic acids is 1. The largest absolute Gasteiger partial charge is 0.367 e. The number of rotatable bonds is 5. The molecule has 1 saturated heterocycles. The molecule has 1 atom stereocenters. The van der Waals surface area contributed by atoms with Crippen LogP contribution in [0.3, 0.4) is 0 Å². The van der Waals surface area contributed by atoms with Crippen molar-refractivity contribution in [3.05, 3.63) is 40.6 Å². The second-order valence-electron chi connectivity index (χ2n) is 7.95. The number of nitrogens with zero attached hydrogens (tertiary/aromatic N) is 4. The first kappa shape index (κ1) is 19.6. The highest BCUT2D eigenvalue weighted by molar-refractivity contribution is 5.97. The molecule has 29 heavy (non-hydrogen) atoms. The molecular formula is C21H27N5O3. The Hall–Kier alpha value is -2.74. The van der Waals surface area contributed by atoms with E-state index in [1.54, 1.807) is 30.5 Å². The lowest BCUT2D eigenvalue weighted by atomic mass is 10.1. The molecule has 0 radical (unpaired) electrons. The molecule has 0 spiro atoms. The Morgan fingerprint density at radius 2 is 1.93 bits per heavy atom. The van der Waals surface area contributed by atoms with Crippen LogP contribution in [0, 0.1) is 10.1 Å². The second-order valence-corrected chi connectivity index (χ2v) is 7.95. The second kappa shape index (κ2) is 8.32. The molecule has 8 nitrogen and oxygen atoms in total. The van der Waals surface area contributed by atoms with E-state index in [0.29, 0.717) is 16.9 Å². The Kier molecular flexibility index (Phi) is 5.62. The number of nitro groups is 1. The van der Waals surface area contributed by atoms with Crippen LogP contribution >= 0.6 is 0 Å². The Morgan fingerprint density at radius 3 is 2.62 bits per heavy atom. The molecule has 1 N–H and O–H groups in total. The number of nitrogens with one attached hydrogen (secondary N) is 1. The average molecular weight is 397 g/mol. The molecule has 1 unspecified atom stereocenters. The predicted molar refractivity (Wildman–Crippen MR) is 112 cm³/mol. The predicted octanol–water partition coefficient (Wildman–Crippen LogP) is 2.71.